The number of carbonyl (C=O) groups excluding carboxylic acids is 1. The number of hydrogen-bond acceptors (Lipinski definition) is 5. The Morgan fingerprint density at radius 3 is 2.42 bits per heavy atom. The van der Waals surface area contributed by atoms with E-state index < -0.39 is 0 Å². The van der Waals surface area contributed by atoms with Crippen molar-refractivity contribution >= 4 is 17.4 Å². The fraction of sp³-hybridized carbons (Fsp3) is 0.133. The van der Waals surface area contributed by atoms with E-state index in [1.807, 2.05) is 90.3 Å². The highest BCUT2D eigenvalue weighted by Crippen LogP contribution is 2.36. The third-order valence-electron chi connectivity index (χ3n) is 6.02. The molecular formula is C30H27N3O3. The number of hydrogen-bond donors (Lipinski definition) is 1. The number of nitrogens with one attached hydrogen (secondary N) is 1. The minimum atomic E-state index is -0.341. The molecule has 0 aliphatic carbocycles. The fourth-order valence-electron chi connectivity index (χ4n) is 4.16. The van der Waals surface area contributed by atoms with Gasteiger partial charge in [-0.1, -0.05) is 60.7 Å². The number of nitrogens with zero attached hydrogens (tertiary/aromatic N) is 2. The van der Waals surface area contributed by atoms with Crippen LogP contribution in [-0.4, -0.2) is 22.5 Å². The molecule has 0 saturated carbocycles. The Labute approximate surface area is 210 Å². The maximum Gasteiger partial charge on any atom is 0.315 e. The van der Waals surface area contributed by atoms with Gasteiger partial charge in [0.2, 0.25) is 0 Å². The van der Waals surface area contributed by atoms with Gasteiger partial charge in [0, 0.05) is 18.3 Å². The summed E-state index contributed by atoms with van der Waals surface area (Å²) in [6.07, 6.45) is 2.15. The van der Waals surface area contributed by atoms with Crippen molar-refractivity contribution in [3.8, 4) is 22.8 Å². The van der Waals surface area contributed by atoms with Crippen LogP contribution in [0.3, 0.4) is 0 Å². The number of para-hydroxylation sites is 1. The Morgan fingerprint density at radius 2 is 1.64 bits per heavy atom. The molecule has 0 atom stereocenters. The Bertz CT molecular complexity index is 1490. The second kappa shape index (κ2) is 10.4. The van der Waals surface area contributed by atoms with Gasteiger partial charge in [0.1, 0.15) is 28.7 Å². The average molecular weight is 478 g/mol. The number of methoxy groups -OCH3 is 1. The molecule has 0 radical (unpaired) electrons. The molecule has 0 amide bonds. The van der Waals surface area contributed by atoms with E-state index in [1.165, 1.54) is 0 Å². The van der Waals surface area contributed by atoms with Gasteiger partial charge in [0.05, 0.1) is 13.5 Å². The van der Waals surface area contributed by atoms with Crippen LogP contribution >= 0.6 is 0 Å². The zero-order valence-electron chi connectivity index (χ0n) is 20.3. The van der Waals surface area contributed by atoms with Crippen molar-refractivity contribution in [3.05, 3.63) is 114 Å². The maximum absolute atomic E-state index is 12.8. The molecule has 2 aromatic heterocycles. The molecule has 6 nitrogen and oxygen atoms in total. The number of rotatable bonds is 8. The molecule has 0 unspecified atom stereocenters. The highest BCUT2D eigenvalue weighted by atomic mass is 16.5. The third kappa shape index (κ3) is 4.93. The van der Waals surface area contributed by atoms with Crippen LogP contribution in [0.5, 0.6) is 11.5 Å². The Hall–Kier alpha value is -4.58. The second-order valence-electron chi connectivity index (χ2n) is 8.53. The van der Waals surface area contributed by atoms with E-state index in [4.69, 9.17) is 14.5 Å². The molecule has 5 aromatic rings. The average Bonchev–Trinajstić information content (AvgIpc) is 3.28. The molecule has 0 aliphatic rings. The summed E-state index contributed by atoms with van der Waals surface area (Å²) in [5, 5.41) is 3.56. The number of pyridine rings is 1. The van der Waals surface area contributed by atoms with Crippen molar-refractivity contribution in [2.45, 2.75) is 19.9 Å². The van der Waals surface area contributed by atoms with Gasteiger partial charge in [-0.05, 0) is 53.9 Å². The van der Waals surface area contributed by atoms with E-state index in [9.17, 15) is 4.79 Å². The minimum absolute atomic E-state index is 0.154. The van der Waals surface area contributed by atoms with E-state index >= 15 is 0 Å². The quantitative estimate of drug-likeness (QED) is 0.217. The number of aryl methyl sites for hydroxylation is 1. The number of ether oxygens (including phenoxy) is 2. The van der Waals surface area contributed by atoms with Crippen LogP contribution in [0.2, 0.25) is 0 Å². The van der Waals surface area contributed by atoms with Gasteiger partial charge in [0.15, 0.2) is 0 Å². The van der Waals surface area contributed by atoms with Gasteiger partial charge in [-0.15, -0.1) is 0 Å². The highest BCUT2D eigenvalue weighted by Gasteiger charge is 2.20. The zero-order chi connectivity index (χ0) is 24.9. The lowest BCUT2D eigenvalue weighted by atomic mass is 10.1. The van der Waals surface area contributed by atoms with Crippen LogP contribution < -0.4 is 14.8 Å². The normalized spacial score (nSPS) is 10.8. The molecule has 3 aromatic carbocycles. The highest BCUT2D eigenvalue weighted by molar-refractivity contribution is 5.84. The predicted octanol–water partition coefficient (Wildman–Crippen LogP) is 6.08. The first kappa shape index (κ1) is 23.2. The van der Waals surface area contributed by atoms with E-state index in [0.717, 1.165) is 45.2 Å². The van der Waals surface area contributed by atoms with Crippen molar-refractivity contribution in [2.24, 2.45) is 0 Å². The first-order chi connectivity index (χ1) is 17.6. The standard InChI is InChI=1S/C30H27N3O3/c1-21-9-8-18-33-29(21)32-28(30(33)31-20-23-10-4-3-5-11-23)25-12-6-7-13-26(25)36-27(34)19-22-14-16-24(35-2)17-15-22/h3-18,31H,19-20H2,1-2H3. The zero-order valence-corrected chi connectivity index (χ0v) is 20.3. The summed E-state index contributed by atoms with van der Waals surface area (Å²) < 4.78 is 13.1. The first-order valence-electron chi connectivity index (χ1n) is 11.8. The van der Waals surface area contributed by atoms with Crippen LogP contribution in [0.25, 0.3) is 16.9 Å². The van der Waals surface area contributed by atoms with E-state index in [0.29, 0.717) is 12.3 Å². The Kier molecular flexibility index (Phi) is 6.67. The molecule has 1 N–H and O–H groups in total. The lowest BCUT2D eigenvalue weighted by Crippen LogP contribution is -2.12. The smallest absolute Gasteiger partial charge is 0.315 e. The summed E-state index contributed by atoms with van der Waals surface area (Å²) in [7, 11) is 1.62. The van der Waals surface area contributed by atoms with Gasteiger partial charge in [-0.3, -0.25) is 9.20 Å². The number of imidazole rings is 1. The van der Waals surface area contributed by atoms with Crippen LogP contribution in [0.1, 0.15) is 16.7 Å². The van der Waals surface area contributed by atoms with Gasteiger partial charge >= 0.3 is 5.97 Å². The third-order valence-corrected chi connectivity index (χ3v) is 6.02. The predicted molar refractivity (Wildman–Crippen MR) is 141 cm³/mol. The fourth-order valence-corrected chi connectivity index (χ4v) is 4.16. The summed E-state index contributed by atoms with van der Waals surface area (Å²) in [4.78, 5) is 17.8. The van der Waals surface area contributed by atoms with Crippen LogP contribution in [0, 0.1) is 6.92 Å². The molecule has 180 valence electrons. The van der Waals surface area contributed by atoms with Crippen LogP contribution in [0.4, 0.5) is 5.82 Å². The van der Waals surface area contributed by atoms with Crippen molar-refractivity contribution in [1.29, 1.82) is 0 Å². The van der Waals surface area contributed by atoms with Crippen molar-refractivity contribution < 1.29 is 14.3 Å². The van der Waals surface area contributed by atoms with E-state index in [-0.39, 0.29) is 12.4 Å². The summed E-state index contributed by atoms with van der Waals surface area (Å²) in [6, 6.07) is 29.2. The summed E-state index contributed by atoms with van der Waals surface area (Å²) in [5.74, 6) is 1.72. The van der Waals surface area contributed by atoms with Crippen molar-refractivity contribution in [2.75, 3.05) is 12.4 Å². The molecule has 6 heteroatoms. The molecule has 0 spiro atoms. The van der Waals surface area contributed by atoms with Crippen molar-refractivity contribution in [1.82, 2.24) is 9.38 Å². The molecule has 0 saturated heterocycles. The summed E-state index contributed by atoms with van der Waals surface area (Å²) in [6.45, 7) is 2.67. The molecule has 36 heavy (non-hydrogen) atoms. The lowest BCUT2D eigenvalue weighted by molar-refractivity contribution is -0.133. The summed E-state index contributed by atoms with van der Waals surface area (Å²) in [5.41, 5.74) is 5.40. The lowest BCUT2D eigenvalue weighted by Gasteiger charge is -2.12. The van der Waals surface area contributed by atoms with Crippen molar-refractivity contribution in [3.63, 3.8) is 0 Å². The molecule has 0 bridgehead atoms. The first-order valence-corrected chi connectivity index (χ1v) is 11.8. The minimum Gasteiger partial charge on any atom is -0.497 e. The molecule has 0 fully saturated rings. The number of benzene rings is 3. The molecule has 2 heterocycles. The number of carbonyl (C=O) groups is 1. The molecule has 5 rings (SSSR count). The van der Waals surface area contributed by atoms with Gasteiger partial charge in [-0.2, -0.15) is 0 Å². The monoisotopic (exact) mass is 477 g/mol. The number of anilines is 1. The summed E-state index contributed by atoms with van der Waals surface area (Å²) >= 11 is 0. The van der Waals surface area contributed by atoms with E-state index in [2.05, 4.69) is 17.4 Å². The van der Waals surface area contributed by atoms with Gasteiger partial charge in [-0.25, -0.2) is 4.98 Å². The topological polar surface area (TPSA) is 64.9 Å². The number of aromatic nitrogens is 2. The largest absolute Gasteiger partial charge is 0.497 e. The van der Waals surface area contributed by atoms with Gasteiger partial charge in [0.25, 0.3) is 0 Å². The SMILES string of the molecule is COc1ccc(CC(=O)Oc2ccccc2-c2nc3c(C)cccn3c2NCc2ccccc2)cc1. The van der Waals surface area contributed by atoms with Crippen LogP contribution in [-0.2, 0) is 17.8 Å². The number of esters is 1. The number of fused-ring (bicyclic) bond motifs is 1. The molecular weight excluding hydrogens is 450 g/mol. The second-order valence-corrected chi connectivity index (χ2v) is 8.53. The van der Waals surface area contributed by atoms with E-state index in [1.54, 1.807) is 13.2 Å². The Balaban J connectivity index is 1.47. The van der Waals surface area contributed by atoms with Gasteiger partial charge < -0.3 is 14.8 Å². The maximum atomic E-state index is 12.8. The molecule has 0 aliphatic heterocycles. The van der Waals surface area contributed by atoms with Crippen LogP contribution in [0.15, 0.2) is 97.2 Å². The Morgan fingerprint density at radius 1 is 0.889 bits per heavy atom.